The fraction of sp³-hybridized carbons (Fsp3) is 0.455. The molecular weight excluding hydrogens is 217 g/mol. The van der Waals surface area contributed by atoms with Crippen LogP contribution >= 0.6 is 23.2 Å². The van der Waals surface area contributed by atoms with Crippen LogP contribution in [0.5, 0.6) is 0 Å². The molecule has 0 aliphatic heterocycles. The van der Waals surface area contributed by atoms with Gasteiger partial charge in [-0.25, -0.2) is 0 Å². The van der Waals surface area contributed by atoms with E-state index >= 15 is 0 Å². The molecule has 1 saturated carbocycles. The molecule has 2 N–H and O–H groups in total. The van der Waals surface area contributed by atoms with Crippen LogP contribution in [0.15, 0.2) is 18.2 Å². The van der Waals surface area contributed by atoms with Crippen LogP contribution in [-0.2, 0) is 6.42 Å². The van der Waals surface area contributed by atoms with Crippen LogP contribution in [-0.4, -0.2) is 5.54 Å². The first-order valence-corrected chi connectivity index (χ1v) is 5.50. The highest BCUT2D eigenvalue weighted by atomic mass is 35.5. The third-order valence-corrected chi connectivity index (χ3v) is 3.76. The Kier molecular flexibility index (Phi) is 2.50. The Balaban J connectivity index is 2.14. The second-order valence-electron chi connectivity index (χ2n) is 4.26. The molecule has 0 spiro atoms. The van der Waals surface area contributed by atoms with E-state index in [9.17, 15) is 0 Å². The fourth-order valence-corrected chi connectivity index (χ4v) is 2.11. The molecule has 0 aromatic heterocycles. The van der Waals surface area contributed by atoms with Crippen molar-refractivity contribution in [3.05, 3.63) is 33.8 Å². The minimum absolute atomic E-state index is 0.00282. The zero-order valence-corrected chi connectivity index (χ0v) is 9.57. The maximum Gasteiger partial charge on any atom is 0.0595 e. The van der Waals surface area contributed by atoms with Crippen LogP contribution in [0.1, 0.15) is 18.9 Å². The summed E-state index contributed by atoms with van der Waals surface area (Å²) in [7, 11) is 0. The topological polar surface area (TPSA) is 26.0 Å². The quantitative estimate of drug-likeness (QED) is 0.828. The average Bonchev–Trinajstić information content (AvgIpc) is 2.67. The van der Waals surface area contributed by atoms with Crippen LogP contribution in [0.3, 0.4) is 0 Å². The van der Waals surface area contributed by atoms with Gasteiger partial charge in [0.15, 0.2) is 0 Å². The van der Waals surface area contributed by atoms with Gasteiger partial charge in [0.1, 0.15) is 0 Å². The maximum atomic E-state index is 6.13. The summed E-state index contributed by atoms with van der Waals surface area (Å²) in [4.78, 5) is 0. The highest BCUT2D eigenvalue weighted by molar-refractivity contribution is 6.42. The van der Waals surface area contributed by atoms with Crippen molar-refractivity contribution in [1.29, 1.82) is 0 Å². The SMILES string of the molecule is CC1CC1(N)Cc1ccc(Cl)c(Cl)c1. The van der Waals surface area contributed by atoms with Crippen molar-refractivity contribution in [2.75, 3.05) is 0 Å². The zero-order chi connectivity index (χ0) is 10.3. The van der Waals surface area contributed by atoms with Crippen molar-refractivity contribution < 1.29 is 0 Å². The molecule has 1 aromatic carbocycles. The Morgan fingerprint density at radius 1 is 1.43 bits per heavy atom. The molecule has 0 radical (unpaired) electrons. The third-order valence-electron chi connectivity index (χ3n) is 3.02. The molecule has 0 amide bonds. The molecular formula is C11H13Cl2N. The normalized spacial score (nSPS) is 30.4. The Morgan fingerprint density at radius 2 is 2.07 bits per heavy atom. The first-order chi connectivity index (χ1) is 6.51. The lowest BCUT2D eigenvalue weighted by molar-refractivity contribution is 0.615. The van der Waals surface area contributed by atoms with Crippen molar-refractivity contribution >= 4 is 23.2 Å². The van der Waals surface area contributed by atoms with Crippen molar-refractivity contribution in [3.63, 3.8) is 0 Å². The Labute approximate surface area is 94.2 Å². The maximum absolute atomic E-state index is 6.13. The molecule has 0 heterocycles. The highest BCUT2D eigenvalue weighted by Gasteiger charge is 2.47. The van der Waals surface area contributed by atoms with Gasteiger partial charge in [-0.2, -0.15) is 0 Å². The van der Waals surface area contributed by atoms with E-state index in [-0.39, 0.29) is 5.54 Å². The molecule has 2 atom stereocenters. The van der Waals surface area contributed by atoms with Crippen molar-refractivity contribution in [3.8, 4) is 0 Å². The van der Waals surface area contributed by atoms with E-state index in [4.69, 9.17) is 28.9 Å². The summed E-state index contributed by atoms with van der Waals surface area (Å²) in [5, 5.41) is 1.21. The number of hydrogen-bond donors (Lipinski definition) is 1. The minimum atomic E-state index is -0.00282. The lowest BCUT2D eigenvalue weighted by Crippen LogP contribution is -2.27. The van der Waals surface area contributed by atoms with Gasteiger partial charge in [0, 0.05) is 5.54 Å². The number of halogens is 2. The zero-order valence-electron chi connectivity index (χ0n) is 8.06. The van der Waals surface area contributed by atoms with E-state index in [2.05, 4.69) is 6.92 Å². The molecule has 1 aromatic rings. The number of benzene rings is 1. The largest absolute Gasteiger partial charge is 0.325 e. The van der Waals surface area contributed by atoms with Gasteiger partial charge in [0.2, 0.25) is 0 Å². The van der Waals surface area contributed by atoms with Gasteiger partial charge in [-0.15, -0.1) is 0 Å². The summed E-state index contributed by atoms with van der Waals surface area (Å²) in [6, 6.07) is 5.73. The van der Waals surface area contributed by atoms with Crippen molar-refractivity contribution in [1.82, 2.24) is 0 Å². The lowest BCUT2D eigenvalue weighted by atomic mass is 10.0. The van der Waals surface area contributed by atoms with Crippen LogP contribution < -0.4 is 5.73 Å². The second kappa shape index (κ2) is 3.41. The molecule has 3 heteroatoms. The molecule has 2 rings (SSSR count). The van der Waals surface area contributed by atoms with E-state index in [1.807, 2.05) is 18.2 Å². The van der Waals surface area contributed by atoms with Crippen LogP contribution in [0.2, 0.25) is 10.0 Å². The highest BCUT2D eigenvalue weighted by Crippen LogP contribution is 2.43. The number of hydrogen-bond acceptors (Lipinski definition) is 1. The van der Waals surface area contributed by atoms with Gasteiger partial charge in [0.05, 0.1) is 10.0 Å². The summed E-state index contributed by atoms with van der Waals surface area (Å²) >= 11 is 11.8. The predicted octanol–water partition coefficient (Wildman–Crippen LogP) is 3.27. The van der Waals surface area contributed by atoms with Gasteiger partial charge in [0.25, 0.3) is 0 Å². The summed E-state index contributed by atoms with van der Waals surface area (Å²) < 4.78 is 0. The van der Waals surface area contributed by atoms with E-state index in [0.29, 0.717) is 16.0 Å². The van der Waals surface area contributed by atoms with Gasteiger partial charge < -0.3 is 5.73 Å². The van der Waals surface area contributed by atoms with E-state index in [1.165, 1.54) is 5.56 Å². The fourth-order valence-electron chi connectivity index (χ4n) is 1.79. The van der Waals surface area contributed by atoms with Crippen molar-refractivity contribution in [2.45, 2.75) is 25.3 Å². The van der Waals surface area contributed by atoms with Crippen LogP contribution in [0.4, 0.5) is 0 Å². The molecule has 1 aliphatic carbocycles. The predicted molar refractivity (Wildman–Crippen MR) is 60.9 cm³/mol. The van der Waals surface area contributed by atoms with E-state index in [1.54, 1.807) is 0 Å². The van der Waals surface area contributed by atoms with Crippen LogP contribution in [0.25, 0.3) is 0 Å². The van der Waals surface area contributed by atoms with Crippen molar-refractivity contribution in [2.24, 2.45) is 11.7 Å². The molecule has 1 aliphatic rings. The van der Waals surface area contributed by atoms with Gasteiger partial charge >= 0.3 is 0 Å². The molecule has 1 nitrogen and oxygen atoms in total. The first-order valence-electron chi connectivity index (χ1n) is 4.74. The summed E-state index contributed by atoms with van der Waals surface area (Å²) in [5.74, 6) is 0.622. The second-order valence-corrected chi connectivity index (χ2v) is 5.08. The lowest BCUT2D eigenvalue weighted by Gasteiger charge is -2.10. The van der Waals surface area contributed by atoms with E-state index < -0.39 is 0 Å². The Morgan fingerprint density at radius 3 is 2.57 bits per heavy atom. The summed E-state index contributed by atoms with van der Waals surface area (Å²) in [5.41, 5.74) is 7.30. The summed E-state index contributed by atoms with van der Waals surface area (Å²) in [6.07, 6.45) is 2.00. The molecule has 2 unspecified atom stereocenters. The molecule has 14 heavy (non-hydrogen) atoms. The molecule has 1 fully saturated rings. The standard InChI is InChI=1S/C11H13Cl2N/c1-7-5-11(7,14)6-8-2-3-9(12)10(13)4-8/h2-4,7H,5-6,14H2,1H3. The van der Waals surface area contributed by atoms with Gasteiger partial charge in [-0.05, 0) is 36.5 Å². The first kappa shape index (κ1) is 10.3. The smallest absolute Gasteiger partial charge is 0.0595 e. The molecule has 0 bridgehead atoms. The van der Waals surface area contributed by atoms with E-state index in [0.717, 1.165) is 12.8 Å². The third kappa shape index (κ3) is 1.90. The monoisotopic (exact) mass is 229 g/mol. The molecule has 76 valence electrons. The van der Waals surface area contributed by atoms with Crippen LogP contribution in [0, 0.1) is 5.92 Å². The van der Waals surface area contributed by atoms with Gasteiger partial charge in [-0.1, -0.05) is 36.2 Å². The Bertz CT molecular complexity index is 364. The Hall–Kier alpha value is -0.240. The number of nitrogens with two attached hydrogens (primary N) is 1. The minimum Gasteiger partial charge on any atom is -0.325 e. The average molecular weight is 230 g/mol. The van der Waals surface area contributed by atoms with Gasteiger partial charge in [-0.3, -0.25) is 0 Å². The summed E-state index contributed by atoms with van der Waals surface area (Å²) in [6.45, 7) is 2.18. The molecule has 0 saturated heterocycles. The number of rotatable bonds is 2.